The molecule has 0 atom stereocenters. The third-order valence-corrected chi connectivity index (χ3v) is 3.85. The maximum atomic E-state index is 11.6. The van der Waals surface area contributed by atoms with Gasteiger partial charge in [-0.05, 0) is 39.0 Å². The van der Waals surface area contributed by atoms with Crippen LogP contribution in [0.5, 0.6) is 0 Å². The van der Waals surface area contributed by atoms with E-state index in [1.807, 2.05) is 0 Å². The van der Waals surface area contributed by atoms with Crippen molar-refractivity contribution in [3.05, 3.63) is 40.0 Å². The number of alkyl carbamates (subject to hydrolysis) is 1. The zero-order valence-corrected chi connectivity index (χ0v) is 16.9. The number of aromatic nitrogens is 2. The fourth-order valence-corrected chi connectivity index (χ4v) is 2.67. The first-order valence-electron chi connectivity index (χ1n) is 8.32. The first-order valence-corrected chi connectivity index (χ1v) is 9.08. The summed E-state index contributed by atoms with van der Waals surface area (Å²) in [7, 11) is 0. The number of carbonyl (C=O) groups excluding carboxylic acids is 1. The van der Waals surface area contributed by atoms with E-state index in [1.54, 1.807) is 39.0 Å². The van der Waals surface area contributed by atoms with Crippen molar-refractivity contribution in [1.29, 1.82) is 0 Å². The number of halogens is 2. The van der Waals surface area contributed by atoms with Crippen molar-refractivity contribution in [2.24, 2.45) is 0 Å². The smallest absolute Gasteiger partial charge is 0.407 e. The van der Waals surface area contributed by atoms with E-state index in [1.165, 1.54) is 6.20 Å². The second kappa shape index (κ2) is 9.21. The number of aliphatic hydroxyl groups is 1. The summed E-state index contributed by atoms with van der Waals surface area (Å²) in [6, 6.07) is 5.05. The number of aliphatic hydroxyl groups excluding tert-OH is 1. The highest BCUT2D eigenvalue weighted by Crippen LogP contribution is 2.31. The highest BCUT2D eigenvalue weighted by atomic mass is 35.5. The molecule has 9 heteroatoms. The SMILES string of the molecule is CC(C)(C)OC(=O)NCCNc1ncc(CO)c(-c2ccc(Cl)cc2Cl)n1. The van der Waals surface area contributed by atoms with Crippen LogP contribution in [0.1, 0.15) is 26.3 Å². The van der Waals surface area contributed by atoms with E-state index < -0.39 is 11.7 Å². The highest BCUT2D eigenvalue weighted by molar-refractivity contribution is 6.36. The number of amides is 1. The zero-order chi connectivity index (χ0) is 20.0. The minimum atomic E-state index is -0.548. The number of nitrogens with one attached hydrogen (secondary N) is 2. The van der Waals surface area contributed by atoms with Gasteiger partial charge in [0.05, 0.1) is 17.3 Å². The Morgan fingerprint density at radius 2 is 2.00 bits per heavy atom. The number of rotatable bonds is 6. The first-order chi connectivity index (χ1) is 12.7. The maximum Gasteiger partial charge on any atom is 0.407 e. The molecule has 7 nitrogen and oxygen atoms in total. The Kier molecular flexibility index (Phi) is 7.24. The normalized spacial score (nSPS) is 11.2. The Morgan fingerprint density at radius 3 is 2.63 bits per heavy atom. The number of hydrogen-bond acceptors (Lipinski definition) is 6. The quantitative estimate of drug-likeness (QED) is 0.622. The van der Waals surface area contributed by atoms with Gasteiger partial charge in [-0.15, -0.1) is 0 Å². The molecule has 1 aromatic heterocycles. The molecule has 0 fully saturated rings. The van der Waals surface area contributed by atoms with Gasteiger partial charge in [-0.2, -0.15) is 0 Å². The Balaban J connectivity index is 2.04. The van der Waals surface area contributed by atoms with Gasteiger partial charge in [-0.1, -0.05) is 23.2 Å². The predicted molar refractivity (Wildman–Crippen MR) is 106 cm³/mol. The minimum Gasteiger partial charge on any atom is -0.444 e. The summed E-state index contributed by atoms with van der Waals surface area (Å²) in [5.74, 6) is 0.346. The first kappa shape index (κ1) is 21.2. The largest absolute Gasteiger partial charge is 0.444 e. The topological polar surface area (TPSA) is 96.4 Å². The van der Waals surface area contributed by atoms with Crippen molar-refractivity contribution in [2.45, 2.75) is 33.0 Å². The molecule has 0 bridgehead atoms. The molecule has 27 heavy (non-hydrogen) atoms. The van der Waals surface area contributed by atoms with Gasteiger partial charge < -0.3 is 20.5 Å². The standard InChI is InChI=1S/C18H22Cl2N4O3/c1-18(2,3)27-17(26)22-7-6-21-16-23-9-11(10-25)15(24-16)13-5-4-12(19)8-14(13)20/h4-5,8-9,25H,6-7,10H2,1-3H3,(H,22,26)(H,21,23,24). The number of hydrogen-bond donors (Lipinski definition) is 3. The van der Waals surface area contributed by atoms with E-state index >= 15 is 0 Å². The second-order valence-corrected chi connectivity index (χ2v) is 7.55. The number of anilines is 1. The Labute approximate surface area is 168 Å². The van der Waals surface area contributed by atoms with Crippen molar-refractivity contribution in [1.82, 2.24) is 15.3 Å². The molecule has 0 radical (unpaired) electrons. The predicted octanol–water partition coefficient (Wildman–Crippen LogP) is 3.88. The van der Waals surface area contributed by atoms with Crippen LogP contribution in [0.3, 0.4) is 0 Å². The zero-order valence-electron chi connectivity index (χ0n) is 15.3. The van der Waals surface area contributed by atoms with Crippen molar-refractivity contribution >= 4 is 35.2 Å². The van der Waals surface area contributed by atoms with Crippen LogP contribution >= 0.6 is 23.2 Å². The fourth-order valence-electron chi connectivity index (χ4n) is 2.18. The van der Waals surface area contributed by atoms with Gasteiger partial charge in [0, 0.05) is 35.4 Å². The molecule has 1 amide bonds. The second-order valence-electron chi connectivity index (χ2n) is 6.71. The highest BCUT2D eigenvalue weighted by Gasteiger charge is 2.16. The van der Waals surface area contributed by atoms with Crippen LogP contribution in [0, 0.1) is 0 Å². The van der Waals surface area contributed by atoms with Crippen LogP contribution in [-0.4, -0.2) is 39.9 Å². The lowest BCUT2D eigenvalue weighted by Crippen LogP contribution is -2.35. The third-order valence-electron chi connectivity index (χ3n) is 3.30. The molecule has 2 aromatic rings. The molecule has 1 aromatic carbocycles. The Hall–Kier alpha value is -2.09. The fraction of sp³-hybridized carbons (Fsp3) is 0.389. The number of carbonyl (C=O) groups is 1. The van der Waals surface area contributed by atoms with Crippen molar-refractivity contribution < 1.29 is 14.6 Å². The van der Waals surface area contributed by atoms with Crippen LogP contribution in [0.15, 0.2) is 24.4 Å². The number of nitrogens with zero attached hydrogens (tertiary/aromatic N) is 2. The van der Waals surface area contributed by atoms with Gasteiger partial charge in [0.25, 0.3) is 0 Å². The molecule has 0 aliphatic rings. The Morgan fingerprint density at radius 1 is 1.26 bits per heavy atom. The van der Waals surface area contributed by atoms with E-state index in [9.17, 15) is 9.90 Å². The van der Waals surface area contributed by atoms with Crippen LogP contribution in [-0.2, 0) is 11.3 Å². The molecule has 146 valence electrons. The molecule has 2 rings (SSSR count). The lowest BCUT2D eigenvalue weighted by atomic mass is 10.1. The average molecular weight is 413 g/mol. The number of benzene rings is 1. The third kappa shape index (κ3) is 6.53. The van der Waals surface area contributed by atoms with Gasteiger partial charge >= 0.3 is 6.09 Å². The Bertz CT molecular complexity index is 810. The van der Waals surface area contributed by atoms with Gasteiger partial charge in [0.2, 0.25) is 5.95 Å². The summed E-state index contributed by atoms with van der Waals surface area (Å²) in [5, 5.41) is 16.1. The van der Waals surface area contributed by atoms with Crippen molar-refractivity contribution in [3.63, 3.8) is 0 Å². The molecule has 0 aliphatic heterocycles. The molecular formula is C18H22Cl2N4O3. The summed E-state index contributed by atoms with van der Waals surface area (Å²) >= 11 is 12.2. The van der Waals surface area contributed by atoms with Crippen LogP contribution in [0.4, 0.5) is 10.7 Å². The van der Waals surface area contributed by atoms with Crippen LogP contribution < -0.4 is 10.6 Å². The van der Waals surface area contributed by atoms with Crippen molar-refractivity contribution in [2.75, 3.05) is 18.4 Å². The molecule has 0 spiro atoms. The van der Waals surface area contributed by atoms with E-state index in [2.05, 4.69) is 20.6 Å². The van der Waals surface area contributed by atoms with Gasteiger partial charge in [-0.3, -0.25) is 0 Å². The van der Waals surface area contributed by atoms with E-state index in [0.29, 0.717) is 45.9 Å². The van der Waals surface area contributed by atoms with Crippen molar-refractivity contribution in [3.8, 4) is 11.3 Å². The molecule has 1 heterocycles. The molecule has 0 saturated heterocycles. The molecule has 0 aliphatic carbocycles. The van der Waals surface area contributed by atoms with Crippen LogP contribution in [0.25, 0.3) is 11.3 Å². The monoisotopic (exact) mass is 412 g/mol. The molecule has 3 N–H and O–H groups in total. The molecule has 0 saturated carbocycles. The van der Waals surface area contributed by atoms with E-state index in [-0.39, 0.29) is 6.61 Å². The summed E-state index contributed by atoms with van der Waals surface area (Å²) in [6.45, 7) is 5.89. The maximum absolute atomic E-state index is 11.6. The summed E-state index contributed by atoms with van der Waals surface area (Å²) < 4.78 is 5.16. The summed E-state index contributed by atoms with van der Waals surface area (Å²) in [4.78, 5) is 20.2. The minimum absolute atomic E-state index is 0.227. The van der Waals surface area contributed by atoms with Gasteiger partial charge in [0.15, 0.2) is 0 Å². The lowest BCUT2D eigenvalue weighted by Gasteiger charge is -2.19. The van der Waals surface area contributed by atoms with E-state index in [4.69, 9.17) is 27.9 Å². The van der Waals surface area contributed by atoms with Gasteiger partial charge in [0.1, 0.15) is 5.60 Å². The lowest BCUT2D eigenvalue weighted by molar-refractivity contribution is 0.0530. The van der Waals surface area contributed by atoms with E-state index in [0.717, 1.165) is 0 Å². The molecule has 0 unspecified atom stereocenters. The molecular weight excluding hydrogens is 391 g/mol. The van der Waals surface area contributed by atoms with Gasteiger partial charge in [-0.25, -0.2) is 14.8 Å². The van der Waals surface area contributed by atoms with Crippen LogP contribution in [0.2, 0.25) is 10.0 Å². The summed E-state index contributed by atoms with van der Waals surface area (Å²) in [5.41, 5.74) is 1.14. The average Bonchev–Trinajstić information content (AvgIpc) is 2.57. The number of ether oxygens (including phenoxy) is 1. The summed E-state index contributed by atoms with van der Waals surface area (Å²) in [6.07, 6.45) is 1.03.